The van der Waals surface area contributed by atoms with E-state index >= 15 is 0 Å². The van der Waals surface area contributed by atoms with Crippen LogP contribution in [0.15, 0.2) is 42.5 Å². The molecule has 0 aliphatic heterocycles. The maximum atomic E-state index is 13.6. The largest absolute Gasteiger partial charge is 0.489 e. The number of rotatable bonds is 4. The highest BCUT2D eigenvalue weighted by atomic mass is 35.5. The van der Waals surface area contributed by atoms with Crippen molar-refractivity contribution >= 4 is 11.6 Å². The van der Waals surface area contributed by atoms with Gasteiger partial charge in [0.05, 0.1) is 0 Å². The molecular formula is C15H15ClFNO. The van der Waals surface area contributed by atoms with E-state index in [1.807, 2.05) is 31.2 Å². The molecule has 0 unspecified atom stereocenters. The van der Waals surface area contributed by atoms with Crippen LogP contribution in [0.2, 0.25) is 5.02 Å². The van der Waals surface area contributed by atoms with E-state index in [4.69, 9.17) is 22.1 Å². The summed E-state index contributed by atoms with van der Waals surface area (Å²) in [6, 6.07) is 12.0. The van der Waals surface area contributed by atoms with E-state index in [1.165, 1.54) is 6.07 Å². The summed E-state index contributed by atoms with van der Waals surface area (Å²) in [5.74, 6) is 0.306. The Kier molecular flexibility index (Phi) is 4.40. The van der Waals surface area contributed by atoms with Gasteiger partial charge in [-0.1, -0.05) is 29.8 Å². The molecule has 0 heterocycles. The van der Waals surface area contributed by atoms with Gasteiger partial charge in [-0.2, -0.15) is 0 Å². The molecule has 0 aromatic heterocycles. The van der Waals surface area contributed by atoms with Crippen molar-refractivity contribution in [2.24, 2.45) is 5.73 Å². The van der Waals surface area contributed by atoms with Crippen LogP contribution in [0.5, 0.6) is 5.75 Å². The number of ether oxygens (including phenoxy) is 1. The zero-order valence-electron chi connectivity index (χ0n) is 10.6. The molecule has 0 saturated carbocycles. The zero-order chi connectivity index (χ0) is 13.8. The molecule has 0 amide bonds. The maximum absolute atomic E-state index is 13.6. The van der Waals surface area contributed by atoms with Crippen molar-refractivity contribution < 1.29 is 9.13 Å². The monoisotopic (exact) mass is 279 g/mol. The summed E-state index contributed by atoms with van der Waals surface area (Å²) in [6.07, 6.45) is 0. The minimum Gasteiger partial charge on any atom is -0.489 e. The Hall–Kier alpha value is -1.58. The normalized spacial score (nSPS) is 12.2. The van der Waals surface area contributed by atoms with Crippen molar-refractivity contribution in [3.8, 4) is 5.75 Å². The zero-order valence-corrected chi connectivity index (χ0v) is 11.3. The first kappa shape index (κ1) is 13.8. The second kappa shape index (κ2) is 6.04. The third-order valence-corrected chi connectivity index (χ3v) is 3.03. The fourth-order valence-electron chi connectivity index (χ4n) is 1.69. The van der Waals surface area contributed by atoms with Crippen LogP contribution in [0.1, 0.15) is 24.1 Å². The molecule has 2 rings (SSSR count). The lowest BCUT2D eigenvalue weighted by Crippen LogP contribution is -2.05. The molecule has 2 aromatic carbocycles. The molecule has 0 fully saturated rings. The number of halogens is 2. The summed E-state index contributed by atoms with van der Waals surface area (Å²) in [4.78, 5) is 0. The summed E-state index contributed by atoms with van der Waals surface area (Å²) in [5.41, 5.74) is 7.25. The van der Waals surface area contributed by atoms with Gasteiger partial charge in [-0.3, -0.25) is 0 Å². The van der Waals surface area contributed by atoms with E-state index < -0.39 is 0 Å². The SMILES string of the molecule is C[C@H](N)c1cccc(OCc2ccc(Cl)cc2F)c1. The maximum Gasteiger partial charge on any atom is 0.131 e. The second-order valence-corrected chi connectivity index (χ2v) is 4.82. The van der Waals surface area contributed by atoms with Crippen LogP contribution < -0.4 is 10.5 Å². The summed E-state index contributed by atoms with van der Waals surface area (Å²) in [7, 11) is 0. The molecule has 4 heteroatoms. The van der Waals surface area contributed by atoms with E-state index in [0.717, 1.165) is 5.56 Å². The van der Waals surface area contributed by atoms with Crippen molar-refractivity contribution in [2.75, 3.05) is 0 Å². The molecule has 2 nitrogen and oxygen atoms in total. The molecule has 0 aliphatic carbocycles. The summed E-state index contributed by atoms with van der Waals surface area (Å²) < 4.78 is 19.1. The predicted molar refractivity (Wildman–Crippen MR) is 74.8 cm³/mol. The second-order valence-electron chi connectivity index (χ2n) is 4.39. The Labute approximate surface area is 117 Å². The molecule has 2 N–H and O–H groups in total. The molecule has 0 aliphatic rings. The fourth-order valence-corrected chi connectivity index (χ4v) is 1.85. The van der Waals surface area contributed by atoms with Gasteiger partial charge in [0, 0.05) is 16.6 Å². The van der Waals surface area contributed by atoms with Crippen LogP contribution >= 0.6 is 11.6 Å². The molecular weight excluding hydrogens is 265 g/mol. The summed E-state index contributed by atoms with van der Waals surface area (Å²) in [6.45, 7) is 2.06. The van der Waals surface area contributed by atoms with Crippen LogP contribution in [-0.2, 0) is 6.61 Å². The third-order valence-electron chi connectivity index (χ3n) is 2.79. The van der Waals surface area contributed by atoms with Gasteiger partial charge in [0.1, 0.15) is 18.2 Å². The van der Waals surface area contributed by atoms with Gasteiger partial charge in [-0.05, 0) is 36.8 Å². The highest BCUT2D eigenvalue weighted by Gasteiger charge is 2.05. The van der Waals surface area contributed by atoms with Crippen LogP contribution in [0.3, 0.4) is 0 Å². The lowest BCUT2D eigenvalue weighted by atomic mass is 10.1. The van der Waals surface area contributed by atoms with Crippen molar-refractivity contribution in [1.29, 1.82) is 0 Å². The van der Waals surface area contributed by atoms with Crippen molar-refractivity contribution in [1.82, 2.24) is 0 Å². The lowest BCUT2D eigenvalue weighted by Gasteiger charge is -2.10. The Balaban J connectivity index is 2.08. The molecule has 100 valence electrons. The van der Waals surface area contributed by atoms with Gasteiger partial charge in [-0.25, -0.2) is 4.39 Å². The average molecular weight is 280 g/mol. The van der Waals surface area contributed by atoms with Gasteiger partial charge in [0.15, 0.2) is 0 Å². The fraction of sp³-hybridized carbons (Fsp3) is 0.200. The van der Waals surface area contributed by atoms with Gasteiger partial charge < -0.3 is 10.5 Å². The predicted octanol–water partition coefficient (Wildman–Crippen LogP) is 4.08. The minimum absolute atomic E-state index is 0.0594. The molecule has 0 radical (unpaired) electrons. The molecule has 0 bridgehead atoms. The first-order chi connectivity index (χ1) is 9.06. The van der Waals surface area contributed by atoms with E-state index in [1.54, 1.807) is 12.1 Å². The average Bonchev–Trinajstić information content (AvgIpc) is 2.38. The topological polar surface area (TPSA) is 35.2 Å². The molecule has 0 spiro atoms. The summed E-state index contributed by atoms with van der Waals surface area (Å²) in [5, 5.41) is 0.375. The first-order valence-electron chi connectivity index (χ1n) is 5.98. The van der Waals surface area contributed by atoms with Gasteiger partial charge >= 0.3 is 0 Å². The standard InChI is InChI=1S/C15H15ClFNO/c1-10(18)11-3-2-4-14(7-11)19-9-12-5-6-13(16)8-15(12)17/h2-8,10H,9,18H2,1H3/t10-/m0/s1. The minimum atomic E-state index is -0.365. The van der Waals surface area contributed by atoms with Crippen molar-refractivity contribution in [3.63, 3.8) is 0 Å². The van der Waals surface area contributed by atoms with Gasteiger partial charge in [0.2, 0.25) is 0 Å². The number of hydrogen-bond donors (Lipinski definition) is 1. The Morgan fingerprint density at radius 1 is 1.26 bits per heavy atom. The lowest BCUT2D eigenvalue weighted by molar-refractivity contribution is 0.299. The Bertz CT molecular complexity index is 572. The third kappa shape index (κ3) is 3.69. The van der Waals surface area contributed by atoms with Crippen LogP contribution in [-0.4, -0.2) is 0 Å². The number of hydrogen-bond acceptors (Lipinski definition) is 2. The molecule has 2 aromatic rings. The quantitative estimate of drug-likeness (QED) is 0.915. The highest BCUT2D eigenvalue weighted by Crippen LogP contribution is 2.20. The van der Waals surface area contributed by atoms with E-state index in [0.29, 0.717) is 16.3 Å². The molecule has 1 atom stereocenters. The Morgan fingerprint density at radius 3 is 2.74 bits per heavy atom. The van der Waals surface area contributed by atoms with E-state index in [2.05, 4.69) is 0 Å². The van der Waals surface area contributed by atoms with Crippen LogP contribution in [0.4, 0.5) is 4.39 Å². The highest BCUT2D eigenvalue weighted by molar-refractivity contribution is 6.30. The first-order valence-corrected chi connectivity index (χ1v) is 6.36. The smallest absolute Gasteiger partial charge is 0.131 e. The van der Waals surface area contributed by atoms with Crippen LogP contribution in [0.25, 0.3) is 0 Å². The van der Waals surface area contributed by atoms with E-state index in [-0.39, 0.29) is 18.5 Å². The summed E-state index contributed by atoms with van der Waals surface area (Å²) >= 11 is 5.70. The number of benzene rings is 2. The number of nitrogens with two attached hydrogens (primary N) is 1. The van der Waals surface area contributed by atoms with Gasteiger partial charge in [0.25, 0.3) is 0 Å². The Morgan fingerprint density at radius 2 is 2.05 bits per heavy atom. The molecule has 0 saturated heterocycles. The van der Waals surface area contributed by atoms with Gasteiger partial charge in [-0.15, -0.1) is 0 Å². The van der Waals surface area contributed by atoms with Crippen LogP contribution in [0, 0.1) is 5.82 Å². The van der Waals surface area contributed by atoms with E-state index in [9.17, 15) is 4.39 Å². The van der Waals surface area contributed by atoms with Crippen molar-refractivity contribution in [2.45, 2.75) is 19.6 Å². The molecule has 19 heavy (non-hydrogen) atoms. The van der Waals surface area contributed by atoms with Crippen molar-refractivity contribution in [3.05, 3.63) is 64.4 Å².